The summed E-state index contributed by atoms with van der Waals surface area (Å²) in [5.41, 5.74) is -0.291. The number of nitrogens with zero attached hydrogens (tertiary/aromatic N) is 1. The van der Waals surface area contributed by atoms with Crippen LogP contribution in [0, 0.1) is 5.92 Å². The van der Waals surface area contributed by atoms with Crippen molar-refractivity contribution in [3.05, 3.63) is 0 Å². The Morgan fingerprint density at radius 1 is 1.29 bits per heavy atom. The van der Waals surface area contributed by atoms with Crippen LogP contribution < -0.4 is 5.32 Å². The normalized spacial score (nSPS) is 30.2. The van der Waals surface area contributed by atoms with Gasteiger partial charge in [-0.3, -0.25) is 9.59 Å². The van der Waals surface area contributed by atoms with Crippen LogP contribution in [0.1, 0.15) is 32.6 Å². The van der Waals surface area contributed by atoms with E-state index in [1.54, 1.807) is 0 Å². The molecule has 3 aliphatic rings. The number of morpholine rings is 1. The molecule has 1 N–H and O–H groups in total. The van der Waals surface area contributed by atoms with Gasteiger partial charge in [-0.15, -0.1) is 0 Å². The SMILES string of the molecule is CC1NC(=O)COC12CCN(C(=O)C1CCOCC1)CC2. The molecule has 3 rings (SSSR count). The summed E-state index contributed by atoms with van der Waals surface area (Å²) in [7, 11) is 0. The van der Waals surface area contributed by atoms with Gasteiger partial charge in [0.05, 0.1) is 11.6 Å². The third-order valence-electron chi connectivity index (χ3n) is 5.15. The molecule has 0 saturated carbocycles. The first kappa shape index (κ1) is 14.8. The van der Waals surface area contributed by atoms with Crippen molar-refractivity contribution < 1.29 is 19.1 Å². The molecule has 3 fully saturated rings. The van der Waals surface area contributed by atoms with Gasteiger partial charge in [-0.05, 0) is 32.6 Å². The van der Waals surface area contributed by atoms with Gasteiger partial charge in [-0.2, -0.15) is 0 Å². The lowest BCUT2D eigenvalue weighted by molar-refractivity contribution is -0.164. The molecule has 0 bridgehead atoms. The number of likely N-dealkylation sites (tertiary alicyclic amines) is 1. The second-order valence-electron chi connectivity index (χ2n) is 6.35. The summed E-state index contributed by atoms with van der Waals surface area (Å²) in [6.45, 7) is 4.96. The summed E-state index contributed by atoms with van der Waals surface area (Å²) in [6.07, 6.45) is 3.26. The molecule has 0 aromatic heterocycles. The zero-order valence-corrected chi connectivity index (χ0v) is 12.6. The Morgan fingerprint density at radius 2 is 1.95 bits per heavy atom. The molecule has 0 aliphatic carbocycles. The molecule has 118 valence electrons. The Bertz CT molecular complexity index is 412. The average molecular weight is 296 g/mol. The van der Waals surface area contributed by atoms with Gasteiger partial charge in [0.15, 0.2) is 0 Å². The Labute approximate surface area is 125 Å². The van der Waals surface area contributed by atoms with Crippen LogP contribution in [0.5, 0.6) is 0 Å². The molecule has 2 amide bonds. The molecular weight excluding hydrogens is 272 g/mol. The smallest absolute Gasteiger partial charge is 0.246 e. The second kappa shape index (κ2) is 5.93. The molecule has 3 saturated heterocycles. The van der Waals surface area contributed by atoms with E-state index < -0.39 is 0 Å². The summed E-state index contributed by atoms with van der Waals surface area (Å²) in [5, 5.41) is 2.96. The fourth-order valence-corrected chi connectivity index (χ4v) is 3.63. The van der Waals surface area contributed by atoms with Crippen molar-refractivity contribution in [2.75, 3.05) is 32.9 Å². The first-order valence-electron chi connectivity index (χ1n) is 7.90. The molecule has 0 aromatic carbocycles. The highest BCUT2D eigenvalue weighted by Gasteiger charge is 2.45. The first-order valence-corrected chi connectivity index (χ1v) is 7.90. The predicted molar refractivity (Wildman–Crippen MR) is 75.6 cm³/mol. The van der Waals surface area contributed by atoms with Crippen LogP contribution >= 0.6 is 0 Å². The molecule has 1 unspecified atom stereocenters. The van der Waals surface area contributed by atoms with Crippen LogP contribution in [0.3, 0.4) is 0 Å². The summed E-state index contributed by atoms with van der Waals surface area (Å²) < 4.78 is 11.2. The molecule has 0 aromatic rings. The molecule has 21 heavy (non-hydrogen) atoms. The number of piperidine rings is 1. The summed E-state index contributed by atoms with van der Waals surface area (Å²) in [4.78, 5) is 25.8. The van der Waals surface area contributed by atoms with E-state index in [4.69, 9.17) is 9.47 Å². The highest BCUT2D eigenvalue weighted by molar-refractivity contribution is 5.79. The highest BCUT2D eigenvalue weighted by Crippen LogP contribution is 2.33. The Hall–Kier alpha value is -1.14. The van der Waals surface area contributed by atoms with Crippen molar-refractivity contribution in [1.82, 2.24) is 10.2 Å². The maximum Gasteiger partial charge on any atom is 0.246 e. The summed E-state index contributed by atoms with van der Waals surface area (Å²) >= 11 is 0. The number of amides is 2. The van der Waals surface area contributed by atoms with E-state index in [1.165, 1.54) is 0 Å². The zero-order chi connectivity index (χ0) is 14.9. The minimum atomic E-state index is -0.291. The van der Waals surface area contributed by atoms with Crippen molar-refractivity contribution in [1.29, 1.82) is 0 Å². The molecule has 1 spiro atoms. The van der Waals surface area contributed by atoms with E-state index in [2.05, 4.69) is 5.32 Å². The van der Waals surface area contributed by atoms with Gasteiger partial charge < -0.3 is 19.7 Å². The van der Waals surface area contributed by atoms with Crippen LogP contribution in [0.4, 0.5) is 0 Å². The molecule has 6 heteroatoms. The van der Waals surface area contributed by atoms with Crippen LogP contribution in [0.15, 0.2) is 0 Å². The monoisotopic (exact) mass is 296 g/mol. The quantitative estimate of drug-likeness (QED) is 0.756. The van der Waals surface area contributed by atoms with Gasteiger partial charge in [0, 0.05) is 32.2 Å². The molecule has 3 aliphatic heterocycles. The maximum atomic E-state index is 12.5. The molecule has 6 nitrogen and oxygen atoms in total. The van der Waals surface area contributed by atoms with Crippen molar-refractivity contribution in [2.24, 2.45) is 5.92 Å². The van der Waals surface area contributed by atoms with Crippen LogP contribution in [0.25, 0.3) is 0 Å². The fraction of sp³-hybridized carbons (Fsp3) is 0.867. The maximum absolute atomic E-state index is 12.5. The van der Waals surface area contributed by atoms with E-state index >= 15 is 0 Å². The lowest BCUT2D eigenvalue weighted by Gasteiger charge is -2.48. The number of nitrogens with one attached hydrogen (secondary N) is 1. The molecule has 3 heterocycles. The van der Waals surface area contributed by atoms with Gasteiger partial charge in [0.25, 0.3) is 0 Å². The average Bonchev–Trinajstić information content (AvgIpc) is 2.52. The van der Waals surface area contributed by atoms with Gasteiger partial charge >= 0.3 is 0 Å². The zero-order valence-electron chi connectivity index (χ0n) is 12.6. The minimum absolute atomic E-state index is 0.0130. The first-order chi connectivity index (χ1) is 10.1. The third kappa shape index (κ3) is 2.92. The third-order valence-corrected chi connectivity index (χ3v) is 5.15. The van der Waals surface area contributed by atoms with Crippen LogP contribution in [-0.4, -0.2) is 61.3 Å². The number of rotatable bonds is 1. The van der Waals surface area contributed by atoms with Gasteiger partial charge in [0.2, 0.25) is 11.8 Å². The summed E-state index contributed by atoms with van der Waals surface area (Å²) in [6, 6.07) is 0.0130. The lowest BCUT2D eigenvalue weighted by atomic mass is 9.83. The Balaban J connectivity index is 1.57. The van der Waals surface area contributed by atoms with Crippen LogP contribution in [-0.2, 0) is 19.1 Å². The largest absolute Gasteiger partial charge is 0.381 e. The number of carbonyl (C=O) groups is 2. The van der Waals surface area contributed by atoms with Gasteiger partial charge in [0.1, 0.15) is 6.61 Å². The Kier molecular flexibility index (Phi) is 4.17. The van der Waals surface area contributed by atoms with Crippen molar-refractivity contribution in [2.45, 2.75) is 44.2 Å². The number of carbonyl (C=O) groups excluding carboxylic acids is 2. The van der Waals surface area contributed by atoms with Crippen LogP contribution in [0.2, 0.25) is 0 Å². The predicted octanol–water partition coefficient (Wildman–Crippen LogP) is 0.309. The number of hydrogen-bond donors (Lipinski definition) is 1. The second-order valence-corrected chi connectivity index (χ2v) is 6.35. The van der Waals surface area contributed by atoms with Gasteiger partial charge in [-0.25, -0.2) is 0 Å². The highest BCUT2D eigenvalue weighted by atomic mass is 16.5. The van der Waals surface area contributed by atoms with E-state index in [1.807, 2.05) is 11.8 Å². The minimum Gasteiger partial charge on any atom is -0.381 e. The molecule has 1 atom stereocenters. The van der Waals surface area contributed by atoms with E-state index in [-0.39, 0.29) is 36.0 Å². The van der Waals surface area contributed by atoms with Crippen molar-refractivity contribution >= 4 is 11.8 Å². The number of hydrogen-bond acceptors (Lipinski definition) is 4. The fourth-order valence-electron chi connectivity index (χ4n) is 3.63. The lowest BCUT2D eigenvalue weighted by Crippen LogP contribution is -2.63. The number of ether oxygens (including phenoxy) is 2. The van der Waals surface area contributed by atoms with Gasteiger partial charge in [-0.1, -0.05) is 0 Å². The van der Waals surface area contributed by atoms with E-state index in [9.17, 15) is 9.59 Å². The Morgan fingerprint density at radius 3 is 2.57 bits per heavy atom. The topological polar surface area (TPSA) is 67.9 Å². The van der Waals surface area contributed by atoms with E-state index in [0.29, 0.717) is 13.2 Å². The molecule has 0 radical (unpaired) electrons. The molecular formula is C15H24N2O4. The summed E-state index contributed by atoms with van der Waals surface area (Å²) in [5.74, 6) is 0.340. The van der Waals surface area contributed by atoms with Crippen molar-refractivity contribution in [3.8, 4) is 0 Å². The van der Waals surface area contributed by atoms with E-state index in [0.717, 1.165) is 38.8 Å². The van der Waals surface area contributed by atoms with Crippen molar-refractivity contribution in [3.63, 3.8) is 0 Å². The standard InChI is InChI=1S/C15H24N2O4/c1-11-15(21-10-13(18)16-11)4-6-17(7-5-15)14(19)12-2-8-20-9-3-12/h11-12H,2-10H2,1H3,(H,16,18).